The molecule has 0 aromatic heterocycles. The molecule has 0 saturated heterocycles. The second-order valence-corrected chi connectivity index (χ2v) is 8.49. The first-order valence-corrected chi connectivity index (χ1v) is 12.4. The van der Waals surface area contributed by atoms with Crippen molar-refractivity contribution in [2.24, 2.45) is 0 Å². The lowest BCUT2D eigenvalue weighted by molar-refractivity contribution is -0.137. The van der Waals surface area contributed by atoms with Gasteiger partial charge in [0.2, 0.25) is 11.8 Å². The molecule has 6 nitrogen and oxygen atoms in total. The van der Waals surface area contributed by atoms with Crippen molar-refractivity contribution >= 4 is 17.8 Å². The molecule has 2 amide bonds. The number of nitrogens with one attached hydrogen (secondary N) is 2. The molecular weight excluding hydrogens is 404 g/mol. The molecule has 32 heavy (non-hydrogen) atoms. The minimum atomic E-state index is -0.798. The van der Waals surface area contributed by atoms with Gasteiger partial charge < -0.3 is 15.7 Å². The van der Waals surface area contributed by atoms with Crippen molar-refractivity contribution in [1.82, 2.24) is 10.6 Å². The maximum atomic E-state index is 12.7. The second kappa shape index (κ2) is 18.2. The second-order valence-electron chi connectivity index (χ2n) is 8.49. The number of unbranched alkanes of at least 4 members (excludes halogenated alkanes) is 10. The number of rotatable bonds is 19. The third-order valence-corrected chi connectivity index (χ3v) is 5.57. The van der Waals surface area contributed by atoms with Crippen LogP contribution in [-0.2, 0) is 14.4 Å². The molecule has 0 aliphatic heterocycles. The summed E-state index contributed by atoms with van der Waals surface area (Å²) >= 11 is 0. The van der Waals surface area contributed by atoms with Crippen LogP contribution in [0.25, 0.3) is 0 Å². The van der Waals surface area contributed by atoms with Gasteiger partial charge in [0.1, 0.15) is 6.04 Å². The van der Waals surface area contributed by atoms with E-state index in [1.807, 2.05) is 30.3 Å². The van der Waals surface area contributed by atoms with Crippen LogP contribution < -0.4 is 10.6 Å². The monoisotopic (exact) mass is 446 g/mol. The van der Waals surface area contributed by atoms with Crippen molar-refractivity contribution in [3.8, 4) is 0 Å². The molecule has 0 saturated carbocycles. The third kappa shape index (κ3) is 13.8. The van der Waals surface area contributed by atoms with Crippen molar-refractivity contribution < 1.29 is 19.5 Å². The van der Waals surface area contributed by atoms with E-state index in [0.717, 1.165) is 31.2 Å². The molecule has 0 bridgehead atoms. The fraction of sp³-hybridized carbons (Fsp3) is 0.654. The number of carbonyl (C=O) groups is 3. The van der Waals surface area contributed by atoms with Gasteiger partial charge in [-0.15, -0.1) is 0 Å². The van der Waals surface area contributed by atoms with Crippen LogP contribution >= 0.6 is 0 Å². The van der Waals surface area contributed by atoms with Crippen LogP contribution in [0.5, 0.6) is 0 Å². The summed E-state index contributed by atoms with van der Waals surface area (Å²) in [4.78, 5) is 35.7. The van der Waals surface area contributed by atoms with Crippen molar-refractivity contribution in [3.05, 3.63) is 35.9 Å². The number of hydrogen-bond donors (Lipinski definition) is 3. The smallest absolute Gasteiger partial charge is 0.303 e. The van der Waals surface area contributed by atoms with Crippen LogP contribution in [0.2, 0.25) is 0 Å². The Morgan fingerprint density at radius 2 is 1.34 bits per heavy atom. The molecule has 0 unspecified atom stereocenters. The molecular formula is C26H42N2O4. The Kier molecular flexibility index (Phi) is 15.8. The predicted octanol–water partition coefficient (Wildman–Crippen LogP) is 5.53. The lowest BCUT2D eigenvalue weighted by atomic mass is 10.0. The van der Waals surface area contributed by atoms with E-state index in [2.05, 4.69) is 17.6 Å². The van der Waals surface area contributed by atoms with Crippen LogP contribution in [-0.4, -0.2) is 29.4 Å². The van der Waals surface area contributed by atoms with Crippen molar-refractivity contribution in [2.75, 3.05) is 6.54 Å². The molecule has 1 aromatic carbocycles. The summed E-state index contributed by atoms with van der Waals surface area (Å²) in [6.45, 7) is 2.69. The maximum Gasteiger partial charge on any atom is 0.303 e. The lowest BCUT2D eigenvalue weighted by Gasteiger charge is -2.19. The molecule has 0 radical (unpaired) electrons. The SMILES string of the molecule is CCCCCCCCCCCC(=O)N[C@@H](C(=O)NCCCCCC(=O)O)c1ccccc1. The fourth-order valence-electron chi connectivity index (χ4n) is 3.67. The number of carboxylic acids is 1. The Morgan fingerprint density at radius 3 is 1.97 bits per heavy atom. The van der Waals surface area contributed by atoms with Gasteiger partial charge in [-0.1, -0.05) is 95.0 Å². The number of carbonyl (C=O) groups excluding carboxylic acids is 2. The molecule has 0 spiro atoms. The summed E-state index contributed by atoms with van der Waals surface area (Å²) in [5.74, 6) is -1.12. The summed E-state index contributed by atoms with van der Waals surface area (Å²) in [5, 5.41) is 14.4. The van der Waals surface area contributed by atoms with Gasteiger partial charge in [-0.25, -0.2) is 0 Å². The van der Waals surface area contributed by atoms with Crippen LogP contribution in [0, 0.1) is 0 Å². The van der Waals surface area contributed by atoms with Crippen molar-refractivity contribution in [3.63, 3.8) is 0 Å². The molecule has 180 valence electrons. The minimum Gasteiger partial charge on any atom is -0.481 e. The van der Waals surface area contributed by atoms with Crippen LogP contribution in [0.4, 0.5) is 0 Å². The summed E-state index contributed by atoms with van der Waals surface area (Å²) in [6.07, 6.45) is 13.4. The fourth-order valence-corrected chi connectivity index (χ4v) is 3.67. The Hall–Kier alpha value is -2.37. The van der Waals surface area contributed by atoms with E-state index in [1.165, 1.54) is 38.5 Å². The summed E-state index contributed by atoms with van der Waals surface area (Å²) in [7, 11) is 0. The number of amides is 2. The topological polar surface area (TPSA) is 95.5 Å². The zero-order valence-corrected chi connectivity index (χ0v) is 19.7. The molecule has 0 aliphatic rings. The molecule has 1 atom stereocenters. The van der Waals surface area contributed by atoms with Gasteiger partial charge >= 0.3 is 5.97 Å². The maximum absolute atomic E-state index is 12.7. The van der Waals surface area contributed by atoms with E-state index in [0.29, 0.717) is 25.8 Å². The van der Waals surface area contributed by atoms with Gasteiger partial charge in [0.25, 0.3) is 0 Å². The number of aliphatic carboxylic acids is 1. The van der Waals surface area contributed by atoms with E-state index < -0.39 is 12.0 Å². The zero-order valence-electron chi connectivity index (χ0n) is 19.7. The number of carboxylic acid groups (broad SMARTS) is 1. The molecule has 1 rings (SSSR count). The molecule has 0 fully saturated rings. The molecule has 3 N–H and O–H groups in total. The van der Waals surface area contributed by atoms with Crippen LogP contribution in [0.15, 0.2) is 30.3 Å². The van der Waals surface area contributed by atoms with Crippen molar-refractivity contribution in [1.29, 1.82) is 0 Å². The summed E-state index contributed by atoms with van der Waals surface area (Å²) in [5.41, 5.74) is 0.760. The largest absolute Gasteiger partial charge is 0.481 e. The van der Waals surface area contributed by atoms with E-state index in [-0.39, 0.29) is 18.2 Å². The van der Waals surface area contributed by atoms with Crippen LogP contribution in [0.1, 0.15) is 108 Å². The zero-order chi connectivity index (χ0) is 23.4. The van der Waals surface area contributed by atoms with Gasteiger partial charge in [-0.2, -0.15) is 0 Å². The van der Waals surface area contributed by atoms with Gasteiger partial charge in [-0.3, -0.25) is 14.4 Å². The Balaban J connectivity index is 2.35. The molecule has 6 heteroatoms. The Bertz CT molecular complexity index is 648. The normalized spacial score (nSPS) is 11.7. The number of benzene rings is 1. The quantitative estimate of drug-likeness (QED) is 0.244. The van der Waals surface area contributed by atoms with Crippen molar-refractivity contribution in [2.45, 2.75) is 103 Å². The Morgan fingerprint density at radius 1 is 0.781 bits per heavy atom. The molecule has 1 aromatic rings. The minimum absolute atomic E-state index is 0.0987. The summed E-state index contributed by atoms with van der Waals surface area (Å²) < 4.78 is 0. The van der Waals surface area contributed by atoms with E-state index in [1.54, 1.807) is 0 Å². The highest BCUT2D eigenvalue weighted by atomic mass is 16.4. The third-order valence-electron chi connectivity index (χ3n) is 5.57. The number of hydrogen-bond acceptors (Lipinski definition) is 3. The molecule has 0 heterocycles. The Labute approximate surface area is 193 Å². The average Bonchev–Trinajstić information content (AvgIpc) is 2.79. The highest BCUT2D eigenvalue weighted by Gasteiger charge is 2.22. The molecule has 0 aliphatic carbocycles. The van der Waals surface area contributed by atoms with Crippen LogP contribution in [0.3, 0.4) is 0 Å². The van der Waals surface area contributed by atoms with Gasteiger partial charge in [0, 0.05) is 19.4 Å². The van der Waals surface area contributed by atoms with Gasteiger partial charge in [-0.05, 0) is 24.8 Å². The first-order chi connectivity index (χ1) is 15.5. The highest BCUT2D eigenvalue weighted by molar-refractivity contribution is 5.88. The average molecular weight is 447 g/mol. The van der Waals surface area contributed by atoms with Gasteiger partial charge in [0.15, 0.2) is 0 Å². The van der Waals surface area contributed by atoms with E-state index in [9.17, 15) is 14.4 Å². The first-order valence-electron chi connectivity index (χ1n) is 12.4. The summed E-state index contributed by atoms with van der Waals surface area (Å²) in [6, 6.07) is 8.57. The van der Waals surface area contributed by atoms with E-state index in [4.69, 9.17) is 5.11 Å². The standard InChI is InChI=1S/C26H42N2O4/c1-2-3-4-5-6-7-8-9-14-19-23(29)28-25(22-17-12-10-13-18-22)26(32)27-21-16-11-15-20-24(30)31/h10,12-13,17-18,25H,2-9,11,14-16,19-21H2,1H3,(H,27,32)(H,28,29)(H,30,31)/t25-/m1/s1. The predicted molar refractivity (Wildman–Crippen MR) is 128 cm³/mol. The lowest BCUT2D eigenvalue weighted by Crippen LogP contribution is -2.40. The van der Waals surface area contributed by atoms with Gasteiger partial charge in [0.05, 0.1) is 0 Å². The first kappa shape index (κ1) is 27.7. The highest BCUT2D eigenvalue weighted by Crippen LogP contribution is 2.15. The van der Waals surface area contributed by atoms with E-state index >= 15 is 0 Å².